The van der Waals surface area contributed by atoms with Crippen LogP contribution in [0.25, 0.3) is 0 Å². The molecule has 0 atom stereocenters. The predicted molar refractivity (Wildman–Crippen MR) is 89.2 cm³/mol. The van der Waals surface area contributed by atoms with Crippen LogP contribution in [0.3, 0.4) is 0 Å². The first-order valence-corrected chi connectivity index (χ1v) is 9.01. The number of hydrogen-bond donors (Lipinski definition) is 1. The quantitative estimate of drug-likeness (QED) is 0.496. The Morgan fingerprint density at radius 3 is 2.86 bits per heavy atom. The van der Waals surface area contributed by atoms with Gasteiger partial charge in [-0.05, 0) is 26.2 Å². The van der Waals surface area contributed by atoms with Crippen molar-refractivity contribution in [2.24, 2.45) is 7.05 Å². The average molecular weight is 323 g/mol. The largest absolute Gasteiger partial charge is 0.353 e. The summed E-state index contributed by atoms with van der Waals surface area (Å²) in [5.74, 6) is 0.945. The second-order valence-corrected chi connectivity index (χ2v) is 6.99. The topological polar surface area (TPSA) is 64.0 Å². The number of carbonyl (C=O) groups is 1. The number of nitrogens with one attached hydrogen (secondary N) is 1. The second kappa shape index (κ2) is 8.36. The lowest BCUT2D eigenvalue weighted by Crippen LogP contribution is -2.36. The van der Waals surface area contributed by atoms with Gasteiger partial charge in [-0.2, -0.15) is 0 Å². The number of aromatic nitrogens is 2. The Labute approximate surface area is 135 Å². The van der Waals surface area contributed by atoms with E-state index in [2.05, 4.69) is 10.3 Å². The van der Waals surface area contributed by atoms with Gasteiger partial charge in [0.1, 0.15) is 0 Å². The predicted octanol–water partition coefficient (Wildman–Crippen LogP) is 2.41. The standard InChI is InChI=1S/C16H25N3O2S/c1-12-11-15(21)19(2)16(17-12)22-10-6-9-14(20)18-13-7-4-3-5-8-13/h11,13H,3-10H2,1-2H3,(H,18,20). The van der Waals surface area contributed by atoms with E-state index in [0.717, 1.165) is 35.9 Å². The van der Waals surface area contributed by atoms with Crippen LogP contribution in [0.15, 0.2) is 16.0 Å². The fourth-order valence-electron chi connectivity index (χ4n) is 2.70. The van der Waals surface area contributed by atoms with Crippen LogP contribution in [-0.2, 0) is 11.8 Å². The molecule has 0 aromatic carbocycles. The Morgan fingerprint density at radius 1 is 1.41 bits per heavy atom. The molecule has 1 fully saturated rings. The van der Waals surface area contributed by atoms with Crippen LogP contribution in [0, 0.1) is 6.92 Å². The summed E-state index contributed by atoms with van der Waals surface area (Å²) in [4.78, 5) is 27.9. The smallest absolute Gasteiger partial charge is 0.254 e. The molecule has 0 spiro atoms. The zero-order valence-electron chi connectivity index (χ0n) is 13.4. The number of nitrogens with zero attached hydrogens (tertiary/aromatic N) is 2. The fourth-order valence-corrected chi connectivity index (χ4v) is 3.66. The molecule has 1 aliphatic carbocycles. The average Bonchev–Trinajstić information content (AvgIpc) is 2.49. The van der Waals surface area contributed by atoms with Crippen LogP contribution in [0.1, 0.15) is 50.6 Å². The summed E-state index contributed by atoms with van der Waals surface area (Å²) in [6.07, 6.45) is 7.34. The molecule has 0 aliphatic heterocycles. The van der Waals surface area contributed by atoms with Crippen molar-refractivity contribution in [1.29, 1.82) is 0 Å². The minimum absolute atomic E-state index is 0.0370. The van der Waals surface area contributed by atoms with Crippen LogP contribution in [-0.4, -0.2) is 27.3 Å². The van der Waals surface area contributed by atoms with Crippen LogP contribution in [0.4, 0.5) is 0 Å². The van der Waals surface area contributed by atoms with Crippen LogP contribution in [0.2, 0.25) is 0 Å². The van der Waals surface area contributed by atoms with E-state index in [1.165, 1.54) is 37.1 Å². The monoisotopic (exact) mass is 323 g/mol. The maximum Gasteiger partial charge on any atom is 0.254 e. The first-order valence-electron chi connectivity index (χ1n) is 8.03. The van der Waals surface area contributed by atoms with Crippen molar-refractivity contribution in [2.45, 2.75) is 63.1 Å². The van der Waals surface area contributed by atoms with E-state index in [-0.39, 0.29) is 11.5 Å². The molecule has 0 bridgehead atoms. The van der Waals surface area contributed by atoms with Gasteiger partial charge in [0.05, 0.1) is 0 Å². The molecule has 1 saturated carbocycles. The van der Waals surface area contributed by atoms with Crippen LogP contribution >= 0.6 is 11.8 Å². The summed E-state index contributed by atoms with van der Waals surface area (Å²) in [6.45, 7) is 1.82. The summed E-state index contributed by atoms with van der Waals surface area (Å²) >= 11 is 1.54. The number of aryl methyl sites for hydroxylation is 1. The number of thioether (sulfide) groups is 1. The molecule has 122 valence electrons. The first kappa shape index (κ1) is 17.1. The second-order valence-electron chi connectivity index (χ2n) is 5.93. The highest BCUT2D eigenvalue weighted by atomic mass is 32.2. The summed E-state index contributed by atoms with van der Waals surface area (Å²) in [5, 5.41) is 3.85. The van der Waals surface area contributed by atoms with Gasteiger partial charge in [0.15, 0.2) is 5.16 Å². The number of hydrogen-bond acceptors (Lipinski definition) is 4. The summed E-state index contributed by atoms with van der Waals surface area (Å²) < 4.78 is 1.56. The molecule has 6 heteroatoms. The van der Waals surface area contributed by atoms with Gasteiger partial charge in [-0.3, -0.25) is 14.2 Å². The number of carbonyl (C=O) groups excluding carboxylic acids is 1. The Bertz CT molecular complexity index is 565. The van der Waals surface area contributed by atoms with E-state index in [4.69, 9.17) is 0 Å². The number of rotatable bonds is 6. The molecule has 0 saturated heterocycles. The maximum absolute atomic E-state index is 11.9. The van der Waals surface area contributed by atoms with Gasteiger partial charge in [0.25, 0.3) is 5.56 Å². The minimum atomic E-state index is -0.0370. The Kier molecular flexibility index (Phi) is 6.49. The molecule has 1 amide bonds. The third kappa shape index (κ3) is 5.16. The van der Waals surface area contributed by atoms with Crippen molar-refractivity contribution in [3.05, 3.63) is 22.1 Å². The lowest BCUT2D eigenvalue weighted by atomic mass is 9.95. The summed E-state index contributed by atoms with van der Waals surface area (Å²) in [7, 11) is 1.73. The minimum Gasteiger partial charge on any atom is -0.353 e. The van der Waals surface area contributed by atoms with Gasteiger partial charge in [0, 0.05) is 37.0 Å². The highest BCUT2D eigenvalue weighted by Crippen LogP contribution is 2.18. The van der Waals surface area contributed by atoms with E-state index < -0.39 is 0 Å². The van der Waals surface area contributed by atoms with E-state index >= 15 is 0 Å². The SMILES string of the molecule is Cc1cc(=O)n(C)c(SCCCC(=O)NC2CCCCC2)n1. The lowest BCUT2D eigenvalue weighted by molar-refractivity contribution is -0.122. The number of amides is 1. The van der Waals surface area contributed by atoms with Gasteiger partial charge in [0.2, 0.25) is 5.91 Å². The van der Waals surface area contributed by atoms with Gasteiger partial charge < -0.3 is 5.32 Å². The third-order valence-electron chi connectivity index (χ3n) is 3.97. The summed E-state index contributed by atoms with van der Waals surface area (Å²) in [5.41, 5.74) is 0.700. The third-order valence-corrected chi connectivity index (χ3v) is 5.09. The molecule has 0 radical (unpaired) electrons. The Hall–Kier alpha value is -1.30. The molecule has 2 rings (SSSR count). The van der Waals surface area contributed by atoms with E-state index in [1.807, 2.05) is 6.92 Å². The van der Waals surface area contributed by atoms with Crippen molar-refractivity contribution < 1.29 is 4.79 Å². The molecule has 1 heterocycles. The highest BCUT2D eigenvalue weighted by molar-refractivity contribution is 7.99. The molecular formula is C16H25N3O2S. The molecular weight excluding hydrogens is 298 g/mol. The zero-order chi connectivity index (χ0) is 15.9. The van der Waals surface area contributed by atoms with Gasteiger partial charge in [-0.15, -0.1) is 0 Å². The molecule has 22 heavy (non-hydrogen) atoms. The van der Waals surface area contributed by atoms with Crippen LogP contribution in [0.5, 0.6) is 0 Å². The fraction of sp³-hybridized carbons (Fsp3) is 0.688. The van der Waals surface area contributed by atoms with Crippen LogP contribution < -0.4 is 10.9 Å². The van der Waals surface area contributed by atoms with Crippen molar-refractivity contribution in [2.75, 3.05) is 5.75 Å². The molecule has 1 N–H and O–H groups in total. The molecule has 0 unspecified atom stereocenters. The van der Waals surface area contributed by atoms with Crippen molar-refractivity contribution in [3.8, 4) is 0 Å². The van der Waals surface area contributed by atoms with Gasteiger partial charge in [-0.25, -0.2) is 4.98 Å². The van der Waals surface area contributed by atoms with E-state index in [1.54, 1.807) is 11.6 Å². The van der Waals surface area contributed by atoms with Crippen molar-refractivity contribution >= 4 is 17.7 Å². The Morgan fingerprint density at radius 2 is 2.14 bits per heavy atom. The van der Waals surface area contributed by atoms with Gasteiger partial charge in [-0.1, -0.05) is 31.0 Å². The molecule has 1 aromatic rings. The van der Waals surface area contributed by atoms with Gasteiger partial charge >= 0.3 is 0 Å². The summed E-state index contributed by atoms with van der Waals surface area (Å²) in [6, 6.07) is 1.91. The van der Waals surface area contributed by atoms with E-state index in [9.17, 15) is 9.59 Å². The van der Waals surface area contributed by atoms with E-state index in [0.29, 0.717) is 12.5 Å². The molecule has 5 nitrogen and oxygen atoms in total. The van der Waals surface area contributed by atoms with Crippen molar-refractivity contribution in [1.82, 2.24) is 14.9 Å². The molecule has 1 aromatic heterocycles. The highest BCUT2D eigenvalue weighted by Gasteiger charge is 2.15. The Balaban J connectivity index is 1.70. The first-order chi connectivity index (χ1) is 10.6. The zero-order valence-corrected chi connectivity index (χ0v) is 14.2. The maximum atomic E-state index is 11.9. The molecule has 1 aliphatic rings. The normalized spacial score (nSPS) is 15.7. The lowest BCUT2D eigenvalue weighted by Gasteiger charge is -2.22. The van der Waals surface area contributed by atoms with Crippen molar-refractivity contribution in [3.63, 3.8) is 0 Å².